The minimum absolute atomic E-state index is 0.792. The lowest BCUT2D eigenvalue weighted by Gasteiger charge is -2.18. The Hall–Kier alpha value is -0.0800. The molecule has 60 valence electrons. The van der Waals surface area contributed by atoms with Gasteiger partial charge in [0.1, 0.15) is 0 Å². The second kappa shape index (κ2) is 3.94. The molecule has 0 spiro atoms. The van der Waals surface area contributed by atoms with Gasteiger partial charge in [-0.25, -0.2) is 0 Å². The van der Waals surface area contributed by atoms with Crippen LogP contribution in [0.4, 0.5) is 0 Å². The van der Waals surface area contributed by atoms with Crippen molar-refractivity contribution in [3.63, 3.8) is 0 Å². The molecule has 1 saturated heterocycles. The predicted molar refractivity (Wildman–Crippen MR) is 42.1 cm³/mol. The highest BCUT2D eigenvalue weighted by Crippen LogP contribution is 2.17. The lowest BCUT2D eigenvalue weighted by molar-refractivity contribution is 0.163. The third-order valence-electron chi connectivity index (χ3n) is 2.33. The van der Waals surface area contributed by atoms with Gasteiger partial charge in [-0.1, -0.05) is 0 Å². The van der Waals surface area contributed by atoms with E-state index >= 15 is 0 Å². The molecule has 0 bridgehead atoms. The fourth-order valence-electron chi connectivity index (χ4n) is 1.60. The van der Waals surface area contributed by atoms with Crippen molar-refractivity contribution < 1.29 is 4.74 Å². The molecule has 1 rings (SSSR count). The van der Waals surface area contributed by atoms with Crippen LogP contribution in [0.3, 0.4) is 0 Å². The topological polar surface area (TPSA) is 12.5 Å². The second-order valence-corrected chi connectivity index (χ2v) is 3.06. The van der Waals surface area contributed by atoms with Gasteiger partial charge in [-0.15, -0.1) is 0 Å². The minimum Gasteiger partial charge on any atom is -0.385 e. The number of methoxy groups -OCH3 is 1. The Kier molecular flexibility index (Phi) is 3.16. The summed E-state index contributed by atoms with van der Waals surface area (Å²) in [6.07, 6.45) is 3.93. The van der Waals surface area contributed by atoms with E-state index in [1.54, 1.807) is 7.11 Å². The summed E-state index contributed by atoms with van der Waals surface area (Å²) in [5.41, 5.74) is 0. The van der Waals surface area contributed by atoms with Gasteiger partial charge in [0.25, 0.3) is 0 Å². The molecule has 2 nitrogen and oxygen atoms in total. The van der Waals surface area contributed by atoms with Gasteiger partial charge in [0.15, 0.2) is 0 Å². The third kappa shape index (κ3) is 1.96. The zero-order valence-electron chi connectivity index (χ0n) is 6.97. The summed E-state index contributed by atoms with van der Waals surface area (Å²) in [5, 5.41) is 0. The van der Waals surface area contributed by atoms with Crippen LogP contribution in [-0.4, -0.2) is 38.3 Å². The van der Waals surface area contributed by atoms with Crippen molar-refractivity contribution in [2.75, 3.05) is 27.3 Å². The number of rotatable bonds is 3. The molecule has 1 aliphatic heterocycles. The van der Waals surface area contributed by atoms with Gasteiger partial charge in [-0.3, -0.25) is 0 Å². The molecule has 2 heteroatoms. The highest BCUT2D eigenvalue weighted by molar-refractivity contribution is 4.75. The second-order valence-electron chi connectivity index (χ2n) is 3.06. The first kappa shape index (κ1) is 8.02. The molecule has 0 aromatic carbocycles. The van der Waals surface area contributed by atoms with Crippen molar-refractivity contribution in [2.45, 2.75) is 25.3 Å². The van der Waals surface area contributed by atoms with E-state index in [-0.39, 0.29) is 0 Å². The van der Waals surface area contributed by atoms with Crippen LogP contribution in [0, 0.1) is 0 Å². The van der Waals surface area contributed by atoms with Crippen LogP contribution < -0.4 is 0 Å². The van der Waals surface area contributed by atoms with E-state index in [0.717, 1.165) is 12.6 Å². The number of nitrogens with zero attached hydrogens (tertiary/aromatic N) is 1. The largest absolute Gasteiger partial charge is 0.385 e. The maximum absolute atomic E-state index is 5.03. The summed E-state index contributed by atoms with van der Waals surface area (Å²) in [7, 11) is 3.97. The molecule has 10 heavy (non-hydrogen) atoms. The summed E-state index contributed by atoms with van der Waals surface area (Å²) < 4.78 is 5.03. The molecule has 0 amide bonds. The van der Waals surface area contributed by atoms with Gasteiger partial charge in [-0.2, -0.15) is 0 Å². The van der Waals surface area contributed by atoms with Gasteiger partial charge in [0.2, 0.25) is 0 Å². The van der Waals surface area contributed by atoms with Crippen LogP contribution in [-0.2, 0) is 4.74 Å². The summed E-state index contributed by atoms with van der Waals surface area (Å²) in [6.45, 7) is 2.18. The van der Waals surface area contributed by atoms with Crippen LogP contribution in [0.2, 0.25) is 0 Å². The maximum Gasteiger partial charge on any atom is 0.0477 e. The summed E-state index contributed by atoms with van der Waals surface area (Å²) in [5.74, 6) is 0. The summed E-state index contributed by atoms with van der Waals surface area (Å²) in [4.78, 5) is 2.43. The van der Waals surface area contributed by atoms with Crippen LogP contribution >= 0.6 is 0 Å². The molecule has 1 aliphatic rings. The zero-order valence-corrected chi connectivity index (χ0v) is 6.97. The van der Waals surface area contributed by atoms with Gasteiger partial charge in [-0.05, 0) is 32.9 Å². The highest BCUT2D eigenvalue weighted by Gasteiger charge is 2.19. The van der Waals surface area contributed by atoms with E-state index < -0.39 is 0 Å². The number of hydrogen-bond donors (Lipinski definition) is 0. The van der Waals surface area contributed by atoms with E-state index in [9.17, 15) is 0 Å². The molecule has 0 N–H and O–H groups in total. The Morgan fingerprint density at radius 1 is 1.60 bits per heavy atom. The summed E-state index contributed by atoms with van der Waals surface area (Å²) in [6, 6.07) is 0.792. The molecular formula is C8H17NO. The van der Waals surface area contributed by atoms with Crippen molar-refractivity contribution in [1.82, 2.24) is 4.90 Å². The van der Waals surface area contributed by atoms with Gasteiger partial charge in [0, 0.05) is 19.8 Å². The predicted octanol–water partition coefficient (Wildman–Crippen LogP) is 1.12. The standard InChI is InChI=1S/C8H17NO/c1-9-6-3-4-8(9)5-7-10-2/h8H,3-7H2,1-2H3. The molecule has 1 atom stereocenters. The lowest BCUT2D eigenvalue weighted by atomic mass is 10.2. The fraction of sp³-hybridized carbons (Fsp3) is 1.00. The first-order chi connectivity index (χ1) is 4.84. The van der Waals surface area contributed by atoms with E-state index in [0.29, 0.717) is 0 Å². The summed E-state index contributed by atoms with van der Waals surface area (Å²) >= 11 is 0. The monoisotopic (exact) mass is 143 g/mol. The lowest BCUT2D eigenvalue weighted by Crippen LogP contribution is -2.25. The molecule has 0 aliphatic carbocycles. The Labute approximate surface area is 63.2 Å². The number of hydrogen-bond acceptors (Lipinski definition) is 2. The first-order valence-electron chi connectivity index (χ1n) is 4.04. The van der Waals surface area contributed by atoms with Crippen molar-refractivity contribution in [3.05, 3.63) is 0 Å². The van der Waals surface area contributed by atoms with E-state index in [4.69, 9.17) is 4.74 Å². The van der Waals surface area contributed by atoms with Gasteiger partial charge < -0.3 is 9.64 Å². The Bertz CT molecular complexity index is 95.3. The average Bonchev–Trinajstić information content (AvgIpc) is 2.31. The molecular weight excluding hydrogens is 126 g/mol. The minimum atomic E-state index is 0.792. The molecule has 1 heterocycles. The van der Waals surface area contributed by atoms with Crippen molar-refractivity contribution in [1.29, 1.82) is 0 Å². The van der Waals surface area contributed by atoms with Gasteiger partial charge >= 0.3 is 0 Å². The van der Waals surface area contributed by atoms with Crippen LogP contribution in [0.5, 0.6) is 0 Å². The molecule has 0 radical (unpaired) electrons. The van der Waals surface area contributed by atoms with Crippen LogP contribution in [0.15, 0.2) is 0 Å². The molecule has 0 saturated carbocycles. The maximum atomic E-state index is 5.03. The smallest absolute Gasteiger partial charge is 0.0477 e. The Morgan fingerprint density at radius 3 is 2.90 bits per heavy atom. The fourth-order valence-corrected chi connectivity index (χ4v) is 1.60. The van der Waals surface area contributed by atoms with E-state index in [2.05, 4.69) is 11.9 Å². The first-order valence-corrected chi connectivity index (χ1v) is 4.04. The SMILES string of the molecule is COCCC1CCCN1C. The Morgan fingerprint density at radius 2 is 2.40 bits per heavy atom. The van der Waals surface area contributed by atoms with E-state index in [1.165, 1.54) is 25.8 Å². The molecule has 1 fully saturated rings. The van der Waals surface area contributed by atoms with E-state index in [1.807, 2.05) is 0 Å². The quantitative estimate of drug-likeness (QED) is 0.587. The van der Waals surface area contributed by atoms with Crippen LogP contribution in [0.1, 0.15) is 19.3 Å². The molecule has 0 aromatic heterocycles. The zero-order chi connectivity index (χ0) is 7.40. The normalized spacial score (nSPS) is 27.6. The molecule has 0 aromatic rings. The van der Waals surface area contributed by atoms with Crippen molar-refractivity contribution >= 4 is 0 Å². The average molecular weight is 143 g/mol. The number of ether oxygens (including phenoxy) is 1. The highest BCUT2D eigenvalue weighted by atomic mass is 16.5. The third-order valence-corrected chi connectivity index (χ3v) is 2.33. The number of likely N-dealkylation sites (tertiary alicyclic amines) is 1. The van der Waals surface area contributed by atoms with Crippen molar-refractivity contribution in [2.24, 2.45) is 0 Å². The van der Waals surface area contributed by atoms with Crippen molar-refractivity contribution in [3.8, 4) is 0 Å². The Balaban J connectivity index is 2.14. The molecule has 1 unspecified atom stereocenters. The van der Waals surface area contributed by atoms with Gasteiger partial charge in [0.05, 0.1) is 0 Å². The van der Waals surface area contributed by atoms with Crippen LogP contribution in [0.25, 0.3) is 0 Å².